The van der Waals surface area contributed by atoms with Crippen molar-refractivity contribution in [2.75, 3.05) is 11.6 Å². The topological polar surface area (TPSA) is 53.0 Å². The molecule has 5 nitrogen and oxygen atoms in total. The van der Waals surface area contributed by atoms with Crippen molar-refractivity contribution >= 4 is 33.1 Å². The van der Waals surface area contributed by atoms with Crippen molar-refractivity contribution in [2.45, 2.75) is 17.9 Å². The van der Waals surface area contributed by atoms with Gasteiger partial charge in [-0.2, -0.15) is 5.10 Å². The lowest BCUT2D eigenvalue weighted by Gasteiger charge is -2.40. The van der Waals surface area contributed by atoms with E-state index in [-0.39, 0.29) is 17.5 Å². The summed E-state index contributed by atoms with van der Waals surface area (Å²) in [5.74, 6) is 0.375. The summed E-state index contributed by atoms with van der Waals surface area (Å²) < 4.78 is 29.3. The van der Waals surface area contributed by atoms with Crippen LogP contribution in [0.3, 0.4) is 0 Å². The van der Waals surface area contributed by atoms with E-state index in [0.29, 0.717) is 10.9 Å². The van der Waals surface area contributed by atoms with Crippen LogP contribution in [0, 0.1) is 6.92 Å². The van der Waals surface area contributed by atoms with E-state index >= 15 is 0 Å². The molecule has 1 heterocycles. The Bertz CT molecular complexity index is 1440. The van der Waals surface area contributed by atoms with Crippen LogP contribution in [0.15, 0.2) is 119 Å². The van der Waals surface area contributed by atoms with Gasteiger partial charge < -0.3 is 0 Å². The van der Waals surface area contributed by atoms with Crippen LogP contribution < -0.4 is 5.01 Å². The summed E-state index contributed by atoms with van der Waals surface area (Å²) >= 11 is 6.15. The highest BCUT2D eigenvalue weighted by Crippen LogP contribution is 2.35. The molecule has 0 saturated heterocycles. The third-order valence-electron chi connectivity index (χ3n) is 5.99. The Hall–Kier alpha value is -3.61. The van der Waals surface area contributed by atoms with Crippen LogP contribution in [0.1, 0.15) is 22.7 Å². The molecule has 1 aliphatic rings. The Morgan fingerprint density at radius 3 is 2.03 bits per heavy atom. The van der Waals surface area contributed by atoms with Gasteiger partial charge in [0.25, 0.3) is 10.0 Å². The van der Waals surface area contributed by atoms with Gasteiger partial charge in [0.2, 0.25) is 0 Å². The molecule has 4 aromatic carbocycles. The van der Waals surface area contributed by atoms with E-state index in [4.69, 9.17) is 16.7 Å². The number of halogens is 1. The molecule has 0 spiro atoms. The van der Waals surface area contributed by atoms with Gasteiger partial charge in [0.05, 0.1) is 23.2 Å². The molecule has 4 aromatic rings. The molecule has 0 amide bonds. The molecule has 0 fully saturated rings. The number of hydrazone groups is 1. The molecule has 5 rings (SSSR count). The largest absolute Gasteiger partial charge is 0.265 e. The van der Waals surface area contributed by atoms with E-state index in [9.17, 15) is 8.42 Å². The fourth-order valence-electron chi connectivity index (χ4n) is 4.13. The number of para-hydroxylation sites is 1. The van der Waals surface area contributed by atoms with Crippen molar-refractivity contribution in [1.29, 1.82) is 0 Å². The first kappa shape index (κ1) is 23.1. The second-order valence-corrected chi connectivity index (χ2v) is 10.7. The summed E-state index contributed by atoms with van der Waals surface area (Å²) in [6, 6.07) is 33.2. The molecule has 1 unspecified atom stereocenters. The van der Waals surface area contributed by atoms with Gasteiger partial charge in [0.15, 0.2) is 5.84 Å². The third-order valence-corrected chi connectivity index (χ3v) is 8.01. The van der Waals surface area contributed by atoms with Gasteiger partial charge in [-0.3, -0.25) is 5.01 Å². The first-order chi connectivity index (χ1) is 16.9. The average molecular weight is 502 g/mol. The molecule has 1 aliphatic heterocycles. The van der Waals surface area contributed by atoms with E-state index in [1.807, 2.05) is 109 Å². The minimum absolute atomic E-state index is 0.181. The number of amidine groups is 1. The number of nitrogens with zero attached hydrogens (tertiary/aromatic N) is 3. The van der Waals surface area contributed by atoms with Crippen molar-refractivity contribution < 1.29 is 8.42 Å². The monoisotopic (exact) mass is 501 g/mol. The second kappa shape index (κ2) is 9.56. The Morgan fingerprint density at radius 2 is 1.40 bits per heavy atom. The van der Waals surface area contributed by atoms with E-state index in [0.717, 1.165) is 22.4 Å². The fourth-order valence-corrected chi connectivity index (χ4v) is 5.70. The van der Waals surface area contributed by atoms with Crippen molar-refractivity contribution in [3.63, 3.8) is 0 Å². The van der Waals surface area contributed by atoms with Crippen LogP contribution in [-0.4, -0.2) is 25.1 Å². The Kier molecular flexibility index (Phi) is 6.32. The standard InChI is InChI=1S/C28H24ClN3O2S/c1-21-12-18-26(19-13-21)35(33,34)31-20-27(22-14-16-24(29)17-15-22)32(25-10-6-3-7-11-25)30-28(31)23-8-4-2-5-9-23/h2-19,27H,20H2,1H3. The molecule has 0 aliphatic carbocycles. The van der Waals surface area contributed by atoms with Crippen LogP contribution >= 0.6 is 11.6 Å². The van der Waals surface area contributed by atoms with Gasteiger partial charge in [-0.05, 0) is 48.9 Å². The first-order valence-electron chi connectivity index (χ1n) is 11.3. The lowest BCUT2D eigenvalue weighted by atomic mass is 10.0. The van der Waals surface area contributed by atoms with Gasteiger partial charge in [0, 0.05) is 10.6 Å². The fraction of sp³-hybridized carbons (Fsp3) is 0.107. The number of aryl methyl sites for hydroxylation is 1. The maximum atomic E-state index is 14.0. The van der Waals surface area contributed by atoms with Crippen molar-refractivity contribution in [3.8, 4) is 0 Å². The first-order valence-corrected chi connectivity index (χ1v) is 13.1. The lowest BCUT2D eigenvalue weighted by Crippen LogP contribution is -2.48. The highest BCUT2D eigenvalue weighted by atomic mass is 35.5. The minimum atomic E-state index is -3.88. The van der Waals surface area contributed by atoms with Crippen LogP contribution in [0.25, 0.3) is 0 Å². The van der Waals surface area contributed by atoms with Crippen LogP contribution in [0.5, 0.6) is 0 Å². The smallest absolute Gasteiger partial charge is 0.254 e. The zero-order valence-electron chi connectivity index (χ0n) is 19.1. The van der Waals surface area contributed by atoms with Gasteiger partial charge >= 0.3 is 0 Å². The Labute approximate surface area is 211 Å². The van der Waals surface area contributed by atoms with Gasteiger partial charge in [-0.15, -0.1) is 0 Å². The third kappa shape index (κ3) is 4.67. The average Bonchev–Trinajstić information content (AvgIpc) is 2.90. The molecule has 0 aromatic heterocycles. The number of hydrogen-bond donors (Lipinski definition) is 0. The summed E-state index contributed by atoms with van der Waals surface area (Å²) in [7, 11) is -3.88. The SMILES string of the molecule is Cc1ccc(S(=O)(=O)N2CC(c3ccc(Cl)cc3)N(c3ccccc3)N=C2c2ccccc2)cc1. The predicted molar refractivity (Wildman–Crippen MR) is 141 cm³/mol. The molecular formula is C28H24ClN3O2S. The zero-order valence-corrected chi connectivity index (χ0v) is 20.7. The number of benzene rings is 4. The van der Waals surface area contributed by atoms with E-state index in [2.05, 4.69) is 0 Å². The van der Waals surface area contributed by atoms with Crippen molar-refractivity contribution in [1.82, 2.24) is 4.31 Å². The second-order valence-electron chi connectivity index (χ2n) is 8.39. The molecule has 7 heteroatoms. The predicted octanol–water partition coefficient (Wildman–Crippen LogP) is 6.26. The highest BCUT2D eigenvalue weighted by Gasteiger charge is 2.38. The zero-order chi connectivity index (χ0) is 24.4. The summed E-state index contributed by atoms with van der Waals surface area (Å²) in [6.45, 7) is 2.11. The molecular weight excluding hydrogens is 478 g/mol. The number of rotatable bonds is 5. The molecule has 0 saturated carbocycles. The van der Waals surface area contributed by atoms with Crippen LogP contribution in [0.2, 0.25) is 5.02 Å². The number of sulfonamides is 1. The summed E-state index contributed by atoms with van der Waals surface area (Å²) in [5.41, 5.74) is 3.50. The molecule has 1 atom stereocenters. The molecule has 0 radical (unpaired) electrons. The minimum Gasteiger partial charge on any atom is -0.254 e. The lowest BCUT2D eigenvalue weighted by molar-refractivity contribution is 0.454. The van der Waals surface area contributed by atoms with E-state index < -0.39 is 10.0 Å². The van der Waals surface area contributed by atoms with E-state index in [1.165, 1.54) is 4.31 Å². The van der Waals surface area contributed by atoms with Gasteiger partial charge in [-0.1, -0.05) is 90.0 Å². The summed E-state index contributed by atoms with van der Waals surface area (Å²) in [5, 5.41) is 7.47. The maximum Gasteiger partial charge on any atom is 0.265 e. The Morgan fingerprint density at radius 1 is 0.800 bits per heavy atom. The highest BCUT2D eigenvalue weighted by molar-refractivity contribution is 7.89. The normalized spacial score (nSPS) is 16.2. The molecule has 0 N–H and O–H groups in total. The van der Waals surface area contributed by atoms with E-state index in [1.54, 1.807) is 12.1 Å². The van der Waals surface area contributed by atoms with Crippen molar-refractivity contribution in [2.24, 2.45) is 5.10 Å². The van der Waals surface area contributed by atoms with Gasteiger partial charge in [0.1, 0.15) is 0 Å². The quantitative estimate of drug-likeness (QED) is 0.324. The van der Waals surface area contributed by atoms with Crippen LogP contribution in [0.4, 0.5) is 5.69 Å². The molecule has 35 heavy (non-hydrogen) atoms. The summed E-state index contributed by atoms with van der Waals surface area (Å²) in [6.07, 6.45) is 0. The molecule has 176 valence electrons. The Balaban J connectivity index is 1.70. The molecule has 0 bridgehead atoms. The van der Waals surface area contributed by atoms with Crippen LogP contribution in [-0.2, 0) is 10.0 Å². The van der Waals surface area contributed by atoms with Crippen molar-refractivity contribution in [3.05, 3.63) is 131 Å². The number of hydrogen-bond acceptors (Lipinski definition) is 4. The maximum absolute atomic E-state index is 14.0. The summed E-state index contributed by atoms with van der Waals surface area (Å²) in [4.78, 5) is 0.231. The van der Waals surface area contributed by atoms with Gasteiger partial charge in [-0.25, -0.2) is 12.7 Å². The number of anilines is 1.